The van der Waals surface area contributed by atoms with E-state index in [0.29, 0.717) is 13.0 Å². The van der Waals surface area contributed by atoms with E-state index in [-0.39, 0.29) is 5.91 Å². The number of ether oxygens (including phenoxy) is 1. The van der Waals surface area contributed by atoms with Crippen LogP contribution in [0.15, 0.2) is 24.3 Å². The Labute approximate surface area is 102 Å². The minimum atomic E-state index is -0.411. The van der Waals surface area contributed by atoms with Gasteiger partial charge in [-0.1, -0.05) is 25.5 Å². The van der Waals surface area contributed by atoms with Crippen LogP contribution in [-0.2, 0) is 11.3 Å². The molecule has 1 amide bonds. The monoisotopic (exact) mass is 236 g/mol. The van der Waals surface area contributed by atoms with Gasteiger partial charge in [-0.2, -0.15) is 0 Å². The molecule has 0 heterocycles. The van der Waals surface area contributed by atoms with Crippen LogP contribution >= 0.6 is 0 Å². The fourth-order valence-electron chi connectivity index (χ4n) is 1.54. The van der Waals surface area contributed by atoms with E-state index in [2.05, 4.69) is 5.32 Å². The summed E-state index contributed by atoms with van der Waals surface area (Å²) >= 11 is 0. The zero-order chi connectivity index (χ0) is 12.7. The van der Waals surface area contributed by atoms with Gasteiger partial charge in [-0.05, 0) is 24.1 Å². The van der Waals surface area contributed by atoms with Crippen molar-refractivity contribution in [3.05, 3.63) is 29.8 Å². The van der Waals surface area contributed by atoms with Crippen molar-refractivity contribution in [2.75, 3.05) is 7.11 Å². The van der Waals surface area contributed by atoms with E-state index in [4.69, 9.17) is 10.5 Å². The molecule has 0 bridgehead atoms. The number of benzene rings is 1. The number of nitrogens with two attached hydrogens (primary N) is 1. The molecule has 4 nitrogen and oxygen atoms in total. The maximum absolute atomic E-state index is 11.6. The Balaban J connectivity index is 2.46. The van der Waals surface area contributed by atoms with E-state index in [9.17, 15) is 4.79 Å². The maximum atomic E-state index is 11.6. The standard InChI is InChI=1S/C13H20N2O2/c1-3-5-12(14)13(16)15-9-10-6-4-7-11(8-10)17-2/h4,6-8,12H,3,5,9,14H2,1-2H3,(H,15,16)/t12-/m0/s1. The van der Waals surface area contributed by atoms with Gasteiger partial charge in [0.15, 0.2) is 0 Å². The first-order valence-electron chi connectivity index (χ1n) is 5.83. The highest BCUT2D eigenvalue weighted by Gasteiger charge is 2.11. The summed E-state index contributed by atoms with van der Waals surface area (Å²) in [5, 5.41) is 2.82. The lowest BCUT2D eigenvalue weighted by molar-refractivity contribution is -0.122. The van der Waals surface area contributed by atoms with Gasteiger partial charge in [0.25, 0.3) is 0 Å². The molecule has 0 fully saturated rings. The van der Waals surface area contributed by atoms with Crippen molar-refractivity contribution in [3.8, 4) is 5.75 Å². The van der Waals surface area contributed by atoms with Crippen LogP contribution in [0, 0.1) is 0 Å². The first kappa shape index (κ1) is 13.5. The molecule has 1 aromatic rings. The molecule has 1 aromatic carbocycles. The van der Waals surface area contributed by atoms with Crippen molar-refractivity contribution in [3.63, 3.8) is 0 Å². The minimum absolute atomic E-state index is 0.102. The Kier molecular flexibility index (Phi) is 5.49. The van der Waals surface area contributed by atoms with Crippen molar-refractivity contribution in [2.45, 2.75) is 32.4 Å². The van der Waals surface area contributed by atoms with Crippen LogP contribution in [0.4, 0.5) is 0 Å². The predicted molar refractivity (Wildman–Crippen MR) is 67.7 cm³/mol. The Morgan fingerprint density at radius 1 is 1.53 bits per heavy atom. The summed E-state index contributed by atoms with van der Waals surface area (Å²) in [7, 11) is 1.62. The van der Waals surface area contributed by atoms with Gasteiger partial charge >= 0.3 is 0 Å². The van der Waals surface area contributed by atoms with Crippen molar-refractivity contribution in [1.29, 1.82) is 0 Å². The second-order valence-corrected chi connectivity index (χ2v) is 3.96. The summed E-state index contributed by atoms with van der Waals surface area (Å²) in [6.45, 7) is 2.49. The van der Waals surface area contributed by atoms with Gasteiger partial charge in [0.1, 0.15) is 5.75 Å². The number of carbonyl (C=O) groups excluding carboxylic acids is 1. The van der Waals surface area contributed by atoms with Gasteiger partial charge in [-0.3, -0.25) is 4.79 Å². The van der Waals surface area contributed by atoms with Gasteiger partial charge in [-0.25, -0.2) is 0 Å². The summed E-state index contributed by atoms with van der Waals surface area (Å²) in [5.74, 6) is 0.685. The fraction of sp³-hybridized carbons (Fsp3) is 0.462. The number of carbonyl (C=O) groups is 1. The lowest BCUT2D eigenvalue weighted by Gasteiger charge is -2.11. The zero-order valence-electron chi connectivity index (χ0n) is 10.4. The zero-order valence-corrected chi connectivity index (χ0v) is 10.4. The summed E-state index contributed by atoms with van der Waals surface area (Å²) < 4.78 is 5.11. The highest BCUT2D eigenvalue weighted by atomic mass is 16.5. The number of rotatable bonds is 6. The predicted octanol–water partition coefficient (Wildman–Crippen LogP) is 1.44. The Hall–Kier alpha value is -1.55. The number of amides is 1. The third-order valence-corrected chi connectivity index (χ3v) is 2.54. The minimum Gasteiger partial charge on any atom is -0.497 e. The molecule has 0 aliphatic carbocycles. The smallest absolute Gasteiger partial charge is 0.237 e. The Morgan fingerprint density at radius 3 is 2.94 bits per heavy atom. The van der Waals surface area contributed by atoms with Crippen LogP contribution in [0.5, 0.6) is 5.75 Å². The molecule has 0 unspecified atom stereocenters. The topological polar surface area (TPSA) is 64.4 Å². The largest absolute Gasteiger partial charge is 0.497 e. The molecule has 1 rings (SSSR count). The first-order chi connectivity index (χ1) is 8.17. The normalized spacial score (nSPS) is 11.9. The third-order valence-electron chi connectivity index (χ3n) is 2.54. The lowest BCUT2D eigenvalue weighted by atomic mass is 10.1. The van der Waals surface area contributed by atoms with Crippen molar-refractivity contribution >= 4 is 5.91 Å². The average Bonchev–Trinajstić information content (AvgIpc) is 2.36. The van der Waals surface area contributed by atoms with Crippen molar-refractivity contribution in [2.24, 2.45) is 5.73 Å². The highest BCUT2D eigenvalue weighted by molar-refractivity contribution is 5.81. The van der Waals surface area contributed by atoms with E-state index in [1.165, 1.54) is 0 Å². The third kappa shape index (κ3) is 4.44. The molecule has 17 heavy (non-hydrogen) atoms. The molecule has 0 saturated heterocycles. The molecule has 0 aliphatic rings. The van der Waals surface area contributed by atoms with E-state index in [1.54, 1.807) is 7.11 Å². The summed E-state index contributed by atoms with van der Waals surface area (Å²) in [6, 6.07) is 7.19. The van der Waals surface area contributed by atoms with Gasteiger partial charge in [0.05, 0.1) is 13.2 Å². The van der Waals surface area contributed by atoms with Gasteiger partial charge in [0, 0.05) is 6.54 Å². The van der Waals surface area contributed by atoms with E-state index >= 15 is 0 Å². The number of hydrogen-bond donors (Lipinski definition) is 2. The van der Waals surface area contributed by atoms with Crippen molar-refractivity contribution < 1.29 is 9.53 Å². The Morgan fingerprint density at radius 2 is 2.29 bits per heavy atom. The van der Waals surface area contributed by atoms with E-state index in [1.807, 2.05) is 31.2 Å². The highest BCUT2D eigenvalue weighted by Crippen LogP contribution is 2.12. The number of nitrogens with one attached hydrogen (secondary N) is 1. The quantitative estimate of drug-likeness (QED) is 0.785. The molecule has 0 spiro atoms. The molecular weight excluding hydrogens is 216 g/mol. The van der Waals surface area contributed by atoms with Crippen LogP contribution in [0.1, 0.15) is 25.3 Å². The van der Waals surface area contributed by atoms with Crippen LogP contribution in [0.3, 0.4) is 0 Å². The maximum Gasteiger partial charge on any atom is 0.237 e. The molecular formula is C13H20N2O2. The SMILES string of the molecule is CCC[C@H](N)C(=O)NCc1cccc(OC)c1. The summed E-state index contributed by atoms with van der Waals surface area (Å²) in [5.41, 5.74) is 6.71. The number of hydrogen-bond acceptors (Lipinski definition) is 3. The first-order valence-corrected chi connectivity index (χ1v) is 5.83. The van der Waals surface area contributed by atoms with Gasteiger partial charge < -0.3 is 15.8 Å². The second-order valence-electron chi connectivity index (χ2n) is 3.96. The van der Waals surface area contributed by atoms with Crippen LogP contribution in [0.2, 0.25) is 0 Å². The molecule has 0 radical (unpaired) electrons. The van der Waals surface area contributed by atoms with Crippen molar-refractivity contribution in [1.82, 2.24) is 5.32 Å². The Bertz CT molecular complexity index is 366. The second kappa shape index (κ2) is 6.91. The van der Waals surface area contributed by atoms with Crippen LogP contribution in [-0.4, -0.2) is 19.1 Å². The molecule has 0 saturated carbocycles. The van der Waals surface area contributed by atoms with Crippen LogP contribution < -0.4 is 15.8 Å². The average molecular weight is 236 g/mol. The molecule has 4 heteroatoms. The van der Waals surface area contributed by atoms with E-state index < -0.39 is 6.04 Å². The molecule has 94 valence electrons. The van der Waals surface area contributed by atoms with Gasteiger partial charge in [-0.15, -0.1) is 0 Å². The molecule has 3 N–H and O–H groups in total. The van der Waals surface area contributed by atoms with Crippen LogP contribution in [0.25, 0.3) is 0 Å². The number of methoxy groups -OCH3 is 1. The summed E-state index contributed by atoms with van der Waals surface area (Å²) in [6.07, 6.45) is 1.62. The molecule has 1 atom stereocenters. The van der Waals surface area contributed by atoms with E-state index in [0.717, 1.165) is 17.7 Å². The van der Waals surface area contributed by atoms with Gasteiger partial charge in [0.2, 0.25) is 5.91 Å². The fourth-order valence-corrected chi connectivity index (χ4v) is 1.54. The molecule has 0 aliphatic heterocycles. The molecule has 0 aromatic heterocycles. The summed E-state index contributed by atoms with van der Waals surface area (Å²) in [4.78, 5) is 11.6. The lowest BCUT2D eigenvalue weighted by Crippen LogP contribution is -2.40.